The summed E-state index contributed by atoms with van der Waals surface area (Å²) in [4.78, 5) is 28.2. The molecule has 0 heterocycles. The molecule has 3 aliphatic carbocycles. The topological polar surface area (TPSA) is 34.1 Å². The van der Waals surface area contributed by atoms with Gasteiger partial charge >= 0.3 is 0 Å². The van der Waals surface area contributed by atoms with Gasteiger partial charge in [-0.15, -0.1) is 0 Å². The molecule has 1 fully saturated rings. The maximum absolute atomic E-state index is 14.2. The number of hydrogen-bond donors (Lipinski definition) is 0. The molecule has 0 aliphatic heterocycles. The van der Waals surface area contributed by atoms with Crippen molar-refractivity contribution in [1.82, 2.24) is 0 Å². The summed E-state index contributed by atoms with van der Waals surface area (Å²) in [5, 5.41) is 0. The summed E-state index contributed by atoms with van der Waals surface area (Å²) >= 11 is 0. The standard InChI is InChI=1S/C51H70O2.C3H8/c1-37(2)18-12-19-38(3)20-13-21-39(4)22-14-23-40(5)24-15-25-41(6)26-16-27-42(7)28-17-29-43(8)34-35-51-45-33-32-44(36-45)50(51,9)48(52)46-30-10-11-31-47(46)49(51)53;1-3-2/h10-11,18,20,22,24,26,28,30-34,44-45H,12-17,19,21,23,25,27,29,35-36H2,1-9H3;3H2,1-2H3/b38-20+,39-22+,40-24+,41-26+,42-28+,43-34+;. The first-order chi connectivity index (χ1) is 26.7. The molecule has 4 unspecified atom stereocenters. The molecular formula is C54H78O2. The van der Waals surface area contributed by atoms with Gasteiger partial charge < -0.3 is 0 Å². The summed E-state index contributed by atoms with van der Waals surface area (Å²) in [6.45, 7) is 24.2. The molecule has 1 aromatic carbocycles. The van der Waals surface area contributed by atoms with Crippen LogP contribution in [0.4, 0.5) is 0 Å². The minimum Gasteiger partial charge on any atom is -0.293 e. The summed E-state index contributed by atoms with van der Waals surface area (Å²) in [5.74, 6) is 0.620. The first-order valence-electron chi connectivity index (χ1n) is 22.1. The van der Waals surface area contributed by atoms with E-state index in [-0.39, 0.29) is 23.4 Å². The van der Waals surface area contributed by atoms with E-state index in [4.69, 9.17) is 0 Å². The zero-order valence-electron chi connectivity index (χ0n) is 37.6. The molecule has 4 atom stereocenters. The lowest BCUT2D eigenvalue weighted by Gasteiger charge is -2.50. The largest absolute Gasteiger partial charge is 0.293 e. The van der Waals surface area contributed by atoms with Crippen LogP contribution in [0.15, 0.2) is 118 Å². The van der Waals surface area contributed by atoms with E-state index in [1.807, 2.05) is 24.3 Å². The predicted octanol–water partition coefficient (Wildman–Crippen LogP) is 16.4. The molecule has 0 saturated heterocycles. The highest BCUT2D eigenvalue weighted by atomic mass is 16.1. The fourth-order valence-electron chi connectivity index (χ4n) is 9.11. The van der Waals surface area contributed by atoms with Gasteiger partial charge in [0.25, 0.3) is 0 Å². The minimum absolute atomic E-state index is 0.136. The second-order valence-electron chi connectivity index (χ2n) is 17.9. The van der Waals surface area contributed by atoms with Crippen molar-refractivity contribution in [2.75, 3.05) is 0 Å². The number of ketones is 2. The van der Waals surface area contributed by atoms with Crippen LogP contribution < -0.4 is 0 Å². The van der Waals surface area contributed by atoms with Crippen molar-refractivity contribution in [3.8, 4) is 0 Å². The molecular weight excluding hydrogens is 681 g/mol. The molecule has 2 bridgehead atoms. The van der Waals surface area contributed by atoms with Gasteiger partial charge in [0.05, 0.1) is 10.8 Å². The second-order valence-corrected chi connectivity index (χ2v) is 17.9. The van der Waals surface area contributed by atoms with Crippen LogP contribution in [-0.4, -0.2) is 11.6 Å². The molecule has 0 amide bonds. The molecule has 2 heteroatoms. The van der Waals surface area contributed by atoms with Gasteiger partial charge in [0.1, 0.15) is 0 Å². The zero-order valence-corrected chi connectivity index (χ0v) is 37.6. The Morgan fingerprint density at radius 2 is 0.875 bits per heavy atom. The van der Waals surface area contributed by atoms with E-state index in [1.54, 1.807) is 0 Å². The van der Waals surface area contributed by atoms with Gasteiger partial charge in [0.2, 0.25) is 0 Å². The van der Waals surface area contributed by atoms with Crippen molar-refractivity contribution in [2.24, 2.45) is 22.7 Å². The lowest BCUT2D eigenvalue weighted by Crippen LogP contribution is -2.56. The van der Waals surface area contributed by atoms with Crippen LogP contribution >= 0.6 is 0 Å². The van der Waals surface area contributed by atoms with Crippen molar-refractivity contribution in [3.63, 3.8) is 0 Å². The Balaban J connectivity index is 0.00000271. The Morgan fingerprint density at radius 3 is 1.27 bits per heavy atom. The first-order valence-corrected chi connectivity index (χ1v) is 22.1. The quantitative estimate of drug-likeness (QED) is 0.124. The summed E-state index contributed by atoms with van der Waals surface area (Å²) < 4.78 is 0. The second kappa shape index (κ2) is 23.0. The van der Waals surface area contributed by atoms with Gasteiger partial charge in [-0.2, -0.15) is 0 Å². The number of rotatable bonds is 20. The first kappa shape index (κ1) is 46.9. The van der Waals surface area contributed by atoms with Gasteiger partial charge in [-0.05, 0) is 157 Å². The number of allylic oxidation sites excluding steroid dienone is 16. The molecule has 4 rings (SSSR count). The van der Waals surface area contributed by atoms with Gasteiger partial charge in [0, 0.05) is 11.1 Å². The molecule has 1 aromatic rings. The van der Waals surface area contributed by atoms with Crippen molar-refractivity contribution in [1.29, 1.82) is 0 Å². The molecule has 0 aromatic heterocycles. The van der Waals surface area contributed by atoms with Gasteiger partial charge in [-0.25, -0.2) is 0 Å². The molecule has 0 radical (unpaired) electrons. The van der Waals surface area contributed by atoms with E-state index < -0.39 is 10.8 Å². The Labute approximate surface area is 344 Å². The summed E-state index contributed by atoms with van der Waals surface area (Å²) in [6, 6.07) is 7.50. The molecule has 306 valence electrons. The molecule has 0 spiro atoms. The number of Topliss-reactive ketones (excluding diaryl/α,β-unsaturated/α-hetero) is 2. The van der Waals surface area contributed by atoms with Crippen LogP contribution in [0.25, 0.3) is 0 Å². The Hall–Kier alpha value is -3.52. The third-order valence-corrected chi connectivity index (χ3v) is 12.7. The third kappa shape index (κ3) is 12.5. The van der Waals surface area contributed by atoms with Crippen molar-refractivity contribution in [2.45, 2.75) is 172 Å². The average Bonchev–Trinajstić information content (AvgIpc) is 3.74. The van der Waals surface area contributed by atoms with E-state index in [2.05, 4.69) is 131 Å². The lowest BCUT2D eigenvalue weighted by atomic mass is 9.49. The summed E-state index contributed by atoms with van der Waals surface area (Å²) in [7, 11) is 0. The highest BCUT2D eigenvalue weighted by Crippen LogP contribution is 2.69. The van der Waals surface area contributed by atoms with Crippen molar-refractivity contribution in [3.05, 3.63) is 129 Å². The number of hydrogen-bond acceptors (Lipinski definition) is 2. The Bertz CT molecular complexity index is 1730. The minimum atomic E-state index is -0.665. The van der Waals surface area contributed by atoms with Crippen LogP contribution in [0, 0.1) is 22.7 Å². The maximum atomic E-state index is 14.2. The van der Waals surface area contributed by atoms with Crippen LogP contribution in [0.3, 0.4) is 0 Å². The molecule has 0 N–H and O–H groups in total. The third-order valence-electron chi connectivity index (χ3n) is 12.7. The van der Waals surface area contributed by atoms with E-state index in [1.165, 1.54) is 58.3 Å². The van der Waals surface area contributed by atoms with E-state index in [0.717, 1.165) is 70.6 Å². The number of carbonyl (C=O) groups is 2. The maximum Gasteiger partial charge on any atom is 0.171 e. The highest BCUT2D eigenvalue weighted by molar-refractivity contribution is 6.20. The van der Waals surface area contributed by atoms with E-state index in [0.29, 0.717) is 17.5 Å². The Morgan fingerprint density at radius 1 is 0.536 bits per heavy atom. The summed E-state index contributed by atoms with van der Waals surface area (Å²) in [5.41, 5.74) is 10.1. The van der Waals surface area contributed by atoms with Gasteiger partial charge in [-0.3, -0.25) is 9.59 Å². The van der Waals surface area contributed by atoms with E-state index in [9.17, 15) is 9.59 Å². The fraction of sp³-hybridized carbons (Fsp3) is 0.556. The monoisotopic (exact) mass is 759 g/mol. The van der Waals surface area contributed by atoms with Crippen LogP contribution in [0.5, 0.6) is 0 Å². The number of benzene rings is 1. The van der Waals surface area contributed by atoms with Gasteiger partial charge in [-0.1, -0.05) is 145 Å². The zero-order chi connectivity index (χ0) is 41.3. The molecule has 1 saturated carbocycles. The van der Waals surface area contributed by atoms with Crippen molar-refractivity contribution < 1.29 is 9.59 Å². The normalized spacial score (nSPS) is 23.9. The Kier molecular flexibility index (Phi) is 19.3. The molecule has 2 nitrogen and oxygen atoms in total. The average molecular weight is 759 g/mol. The number of carbonyl (C=O) groups excluding carboxylic acids is 2. The highest BCUT2D eigenvalue weighted by Gasteiger charge is 2.71. The van der Waals surface area contributed by atoms with Crippen LogP contribution in [-0.2, 0) is 0 Å². The number of fused-ring (bicyclic) bond motifs is 6. The molecule has 3 aliphatic rings. The summed E-state index contributed by atoms with van der Waals surface area (Å²) in [6.07, 6.45) is 37.4. The van der Waals surface area contributed by atoms with E-state index >= 15 is 0 Å². The van der Waals surface area contributed by atoms with Crippen LogP contribution in [0.2, 0.25) is 0 Å². The fourth-order valence-corrected chi connectivity index (χ4v) is 9.11. The van der Waals surface area contributed by atoms with Gasteiger partial charge in [0.15, 0.2) is 11.6 Å². The van der Waals surface area contributed by atoms with Crippen molar-refractivity contribution >= 4 is 11.6 Å². The van der Waals surface area contributed by atoms with Crippen LogP contribution in [0.1, 0.15) is 193 Å². The predicted molar refractivity (Wildman–Crippen MR) is 244 cm³/mol. The smallest absolute Gasteiger partial charge is 0.171 e. The lowest BCUT2D eigenvalue weighted by molar-refractivity contribution is 0.0242. The SMILES string of the molecule is CC(C)=CCC/C(C)=C/CC/C(C)=C/CC/C(C)=C/CC/C(C)=C/CC/C(C)=C/CC/C(C)=C/CC12C(=O)c3ccccc3C(=O)C1(C)C1C=CC2C1.CCC. The molecule has 56 heavy (non-hydrogen) atoms.